The molecule has 3 aromatic rings. The van der Waals surface area contributed by atoms with Crippen molar-refractivity contribution >= 4 is 22.5 Å². The highest BCUT2D eigenvalue weighted by molar-refractivity contribution is 6.07. The van der Waals surface area contributed by atoms with E-state index in [4.69, 9.17) is 0 Å². The molecule has 1 aliphatic heterocycles. The highest BCUT2D eigenvalue weighted by atomic mass is 16.2. The molecule has 5 nitrogen and oxygen atoms in total. The van der Waals surface area contributed by atoms with Crippen LogP contribution in [0.2, 0.25) is 0 Å². The maximum absolute atomic E-state index is 13.0. The number of fused-ring (bicyclic) bond motifs is 1. The van der Waals surface area contributed by atoms with Gasteiger partial charge in [0.15, 0.2) is 0 Å². The van der Waals surface area contributed by atoms with Crippen LogP contribution < -0.4 is 4.90 Å². The fourth-order valence-corrected chi connectivity index (χ4v) is 3.36. The molecule has 0 N–H and O–H groups in total. The lowest BCUT2D eigenvalue weighted by atomic mass is 10.0. The van der Waals surface area contributed by atoms with Crippen molar-refractivity contribution in [2.24, 2.45) is 0 Å². The Morgan fingerprint density at radius 3 is 2.56 bits per heavy atom. The molecule has 0 atom stereocenters. The van der Waals surface area contributed by atoms with Crippen molar-refractivity contribution in [1.29, 1.82) is 0 Å². The zero-order valence-electron chi connectivity index (χ0n) is 14.2. The number of anilines is 1. The van der Waals surface area contributed by atoms with Gasteiger partial charge in [0, 0.05) is 50.2 Å². The maximum Gasteiger partial charge on any atom is 0.256 e. The van der Waals surface area contributed by atoms with E-state index in [2.05, 4.69) is 14.9 Å². The lowest BCUT2D eigenvalue weighted by molar-refractivity contribution is 0.0748. The van der Waals surface area contributed by atoms with E-state index in [-0.39, 0.29) is 5.91 Å². The summed E-state index contributed by atoms with van der Waals surface area (Å²) in [6, 6.07) is 12.0. The molecule has 126 valence electrons. The fraction of sp³-hybridized carbons (Fsp3) is 0.250. The van der Waals surface area contributed by atoms with Gasteiger partial charge in [-0.3, -0.25) is 9.78 Å². The molecule has 3 heterocycles. The van der Waals surface area contributed by atoms with E-state index in [0.717, 1.165) is 35.2 Å². The van der Waals surface area contributed by atoms with Gasteiger partial charge in [0.2, 0.25) is 0 Å². The van der Waals surface area contributed by atoms with Gasteiger partial charge in [0.25, 0.3) is 5.91 Å². The van der Waals surface area contributed by atoms with Gasteiger partial charge in [0.05, 0.1) is 5.56 Å². The third kappa shape index (κ3) is 2.93. The molecule has 25 heavy (non-hydrogen) atoms. The average Bonchev–Trinajstić information content (AvgIpc) is 2.68. The van der Waals surface area contributed by atoms with Crippen LogP contribution in [0.25, 0.3) is 10.8 Å². The first-order valence-electron chi connectivity index (χ1n) is 8.52. The second-order valence-corrected chi connectivity index (χ2v) is 6.32. The molecule has 1 aromatic carbocycles. The molecule has 0 radical (unpaired) electrons. The maximum atomic E-state index is 13.0. The van der Waals surface area contributed by atoms with Crippen molar-refractivity contribution in [3.8, 4) is 0 Å². The predicted octanol–water partition coefficient (Wildman–Crippen LogP) is 2.90. The molecule has 0 unspecified atom stereocenters. The number of rotatable bonds is 2. The minimum atomic E-state index is 0.0596. The summed E-state index contributed by atoms with van der Waals surface area (Å²) in [5, 5.41) is 2.02. The molecule has 4 rings (SSSR count). The normalized spacial score (nSPS) is 14.8. The summed E-state index contributed by atoms with van der Waals surface area (Å²) in [4.78, 5) is 25.8. The Morgan fingerprint density at radius 1 is 0.960 bits per heavy atom. The summed E-state index contributed by atoms with van der Waals surface area (Å²) in [6.45, 7) is 5.01. The Balaban J connectivity index is 1.54. The van der Waals surface area contributed by atoms with Crippen molar-refractivity contribution in [1.82, 2.24) is 14.9 Å². The summed E-state index contributed by atoms with van der Waals surface area (Å²) in [5.74, 6) is 1.03. The van der Waals surface area contributed by atoms with Gasteiger partial charge in [-0.1, -0.05) is 24.3 Å². The predicted molar refractivity (Wildman–Crippen MR) is 98.8 cm³/mol. The topological polar surface area (TPSA) is 49.3 Å². The summed E-state index contributed by atoms with van der Waals surface area (Å²) in [6.07, 6.45) is 5.33. The monoisotopic (exact) mass is 332 g/mol. The Morgan fingerprint density at radius 2 is 1.80 bits per heavy atom. The van der Waals surface area contributed by atoms with E-state index in [1.807, 2.05) is 54.4 Å². The highest BCUT2D eigenvalue weighted by Gasteiger charge is 2.24. The number of piperazine rings is 1. The summed E-state index contributed by atoms with van der Waals surface area (Å²) < 4.78 is 0. The Bertz CT molecular complexity index is 902. The van der Waals surface area contributed by atoms with Crippen molar-refractivity contribution in [2.45, 2.75) is 6.92 Å². The Labute approximate surface area is 146 Å². The van der Waals surface area contributed by atoms with E-state index in [1.54, 1.807) is 12.4 Å². The average molecular weight is 332 g/mol. The number of nitrogens with zero attached hydrogens (tertiary/aromatic N) is 4. The SMILES string of the molecule is Cc1cccc2c(C(=O)N3CCN(c4ccccn4)CC3)cncc12. The smallest absolute Gasteiger partial charge is 0.256 e. The zero-order valence-corrected chi connectivity index (χ0v) is 14.2. The fourth-order valence-electron chi connectivity index (χ4n) is 3.36. The number of pyridine rings is 2. The van der Waals surface area contributed by atoms with Gasteiger partial charge in [-0.15, -0.1) is 0 Å². The van der Waals surface area contributed by atoms with Crippen LogP contribution in [0.5, 0.6) is 0 Å². The van der Waals surface area contributed by atoms with Crippen LogP contribution >= 0.6 is 0 Å². The van der Waals surface area contributed by atoms with Gasteiger partial charge < -0.3 is 9.80 Å². The molecule has 2 aromatic heterocycles. The summed E-state index contributed by atoms with van der Waals surface area (Å²) in [7, 11) is 0. The van der Waals surface area contributed by atoms with Gasteiger partial charge in [-0.25, -0.2) is 4.98 Å². The molecule has 1 aliphatic rings. The molecular formula is C20H20N4O. The second-order valence-electron chi connectivity index (χ2n) is 6.32. The van der Waals surface area contributed by atoms with Gasteiger partial charge in [0.1, 0.15) is 5.82 Å². The van der Waals surface area contributed by atoms with Crippen LogP contribution in [-0.4, -0.2) is 47.0 Å². The van der Waals surface area contributed by atoms with E-state index in [1.165, 1.54) is 0 Å². The van der Waals surface area contributed by atoms with E-state index < -0.39 is 0 Å². The van der Waals surface area contributed by atoms with Crippen molar-refractivity contribution in [3.63, 3.8) is 0 Å². The quantitative estimate of drug-likeness (QED) is 0.724. The van der Waals surface area contributed by atoms with E-state index >= 15 is 0 Å². The largest absolute Gasteiger partial charge is 0.353 e. The number of carbonyl (C=O) groups is 1. The summed E-state index contributed by atoms with van der Waals surface area (Å²) in [5.41, 5.74) is 1.83. The molecular weight excluding hydrogens is 312 g/mol. The van der Waals surface area contributed by atoms with Crippen LogP contribution in [0.1, 0.15) is 15.9 Å². The highest BCUT2D eigenvalue weighted by Crippen LogP contribution is 2.23. The van der Waals surface area contributed by atoms with E-state index in [0.29, 0.717) is 18.7 Å². The lowest BCUT2D eigenvalue weighted by Gasteiger charge is -2.35. The third-order valence-electron chi connectivity index (χ3n) is 4.79. The van der Waals surface area contributed by atoms with Crippen LogP contribution in [0.4, 0.5) is 5.82 Å². The molecule has 5 heteroatoms. The van der Waals surface area contributed by atoms with Crippen molar-refractivity contribution in [3.05, 3.63) is 66.1 Å². The third-order valence-corrected chi connectivity index (χ3v) is 4.79. The first-order valence-corrected chi connectivity index (χ1v) is 8.52. The van der Waals surface area contributed by atoms with Gasteiger partial charge in [-0.05, 0) is 30.0 Å². The number of amides is 1. The number of aromatic nitrogens is 2. The summed E-state index contributed by atoms with van der Waals surface area (Å²) >= 11 is 0. The molecule has 1 amide bonds. The molecule has 0 spiro atoms. The number of hydrogen-bond acceptors (Lipinski definition) is 4. The molecule has 0 aliphatic carbocycles. The van der Waals surface area contributed by atoms with Crippen LogP contribution in [0.3, 0.4) is 0 Å². The van der Waals surface area contributed by atoms with Crippen molar-refractivity contribution in [2.75, 3.05) is 31.1 Å². The van der Waals surface area contributed by atoms with Gasteiger partial charge in [-0.2, -0.15) is 0 Å². The molecule has 0 bridgehead atoms. The molecule has 0 saturated carbocycles. The van der Waals surface area contributed by atoms with Gasteiger partial charge >= 0.3 is 0 Å². The molecule has 1 fully saturated rings. The number of benzene rings is 1. The first-order chi connectivity index (χ1) is 12.2. The van der Waals surface area contributed by atoms with Crippen LogP contribution in [0.15, 0.2) is 55.0 Å². The number of aryl methyl sites for hydroxylation is 1. The first kappa shape index (κ1) is 15.6. The number of carbonyl (C=O) groups excluding carboxylic acids is 1. The Kier molecular flexibility index (Phi) is 4.06. The van der Waals surface area contributed by atoms with Crippen LogP contribution in [0, 0.1) is 6.92 Å². The van der Waals surface area contributed by atoms with Crippen LogP contribution in [-0.2, 0) is 0 Å². The Hall–Kier alpha value is -2.95. The second kappa shape index (κ2) is 6.51. The minimum Gasteiger partial charge on any atom is -0.353 e. The zero-order chi connectivity index (χ0) is 17.2. The standard InChI is InChI=1S/C20H20N4O/c1-15-5-4-6-16-17(15)13-21-14-18(16)20(25)24-11-9-23(10-12-24)19-7-2-3-8-22-19/h2-8,13-14H,9-12H2,1H3. The molecule has 1 saturated heterocycles. The number of hydrogen-bond donors (Lipinski definition) is 0. The lowest BCUT2D eigenvalue weighted by Crippen LogP contribution is -2.49. The minimum absolute atomic E-state index is 0.0596. The van der Waals surface area contributed by atoms with E-state index in [9.17, 15) is 4.79 Å². The van der Waals surface area contributed by atoms with Crippen molar-refractivity contribution < 1.29 is 4.79 Å².